The molecule has 2 aromatic rings. The smallest absolute Gasteiger partial charge is 0.405 e. The standard InChI is InChI=1S/C17H20F3N5O3/c18-17(19,20)28-15-4-2-1-3-13(15)11-21-16(26)14-12-25(23-22-14)6-5-24-7-9-27-10-8-24/h1-4,12H,5-11H2,(H,21,26). The first-order valence-electron chi connectivity index (χ1n) is 8.73. The van der Waals surface area contributed by atoms with Crippen LogP contribution in [0.2, 0.25) is 0 Å². The van der Waals surface area contributed by atoms with Crippen molar-refractivity contribution < 1.29 is 27.4 Å². The second kappa shape index (κ2) is 9.02. The monoisotopic (exact) mass is 399 g/mol. The molecule has 1 aliphatic heterocycles. The van der Waals surface area contributed by atoms with Gasteiger partial charge in [-0.2, -0.15) is 0 Å². The Morgan fingerprint density at radius 3 is 2.71 bits per heavy atom. The van der Waals surface area contributed by atoms with Crippen molar-refractivity contribution in [2.24, 2.45) is 0 Å². The molecule has 1 aromatic heterocycles. The molecule has 1 aliphatic rings. The Labute approximate surface area is 159 Å². The van der Waals surface area contributed by atoms with Crippen molar-refractivity contribution in [2.45, 2.75) is 19.5 Å². The predicted octanol–water partition coefficient (Wildman–Crippen LogP) is 1.44. The minimum absolute atomic E-state index is 0.0937. The summed E-state index contributed by atoms with van der Waals surface area (Å²) >= 11 is 0. The Hall–Kier alpha value is -2.66. The van der Waals surface area contributed by atoms with E-state index >= 15 is 0 Å². The van der Waals surface area contributed by atoms with Crippen molar-refractivity contribution in [2.75, 3.05) is 32.8 Å². The fourth-order valence-electron chi connectivity index (χ4n) is 2.72. The normalized spacial score (nSPS) is 15.4. The van der Waals surface area contributed by atoms with Crippen LogP contribution in [0, 0.1) is 0 Å². The first kappa shape index (κ1) is 20.1. The van der Waals surface area contributed by atoms with Gasteiger partial charge in [0, 0.05) is 31.7 Å². The molecule has 1 saturated heterocycles. The van der Waals surface area contributed by atoms with Crippen LogP contribution in [0.15, 0.2) is 30.5 Å². The van der Waals surface area contributed by atoms with Crippen LogP contribution >= 0.6 is 0 Å². The maximum Gasteiger partial charge on any atom is 0.573 e. The van der Waals surface area contributed by atoms with Gasteiger partial charge in [0.05, 0.1) is 26.0 Å². The zero-order valence-corrected chi connectivity index (χ0v) is 15.0. The van der Waals surface area contributed by atoms with Gasteiger partial charge < -0.3 is 14.8 Å². The highest BCUT2D eigenvalue weighted by Gasteiger charge is 2.32. The van der Waals surface area contributed by atoms with E-state index in [2.05, 4.69) is 25.3 Å². The van der Waals surface area contributed by atoms with Crippen LogP contribution in [0.1, 0.15) is 16.1 Å². The van der Waals surface area contributed by atoms with E-state index in [0.717, 1.165) is 19.6 Å². The van der Waals surface area contributed by atoms with Crippen molar-refractivity contribution in [3.8, 4) is 5.75 Å². The van der Waals surface area contributed by atoms with Gasteiger partial charge >= 0.3 is 6.36 Å². The number of halogens is 3. The lowest BCUT2D eigenvalue weighted by Crippen LogP contribution is -2.38. The summed E-state index contributed by atoms with van der Waals surface area (Å²) in [7, 11) is 0. The summed E-state index contributed by atoms with van der Waals surface area (Å²) in [6, 6.07) is 5.62. The Bertz CT molecular complexity index is 790. The van der Waals surface area contributed by atoms with E-state index in [1.54, 1.807) is 10.7 Å². The Balaban J connectivity index is 1.52. The van der Waals surface area contributed by atoms with Gasteiger partial charge in [-0.25, -0.2) is 0 Å². The van der Waals surface area contributed by atoms with Crippen molar-refractivity contribution >= 4 is 5.91 Å². The van der Waals surface area contributed by atoms with Crippen LogP contribution in [0.5, 0.6) is 5.75 Å². The number of carbonyl (C=O) groups is 1. The number of alkyl halides is 3. The summed E-state index contributed by atoms with van der Waals surface area (Å²) < 4.78 is 48.2. The molecule has 0 saturated carbocycles. The van der Waals surface area contributed by atoms with Crippen LogP contribution in [0.3, 0.4) is 0 Å². The lowest BCUT2D eigenvalue weighted by Gasteiger charge is -2.26. The number of nitrogens with zero attached hydrogens (tertiary/aromatic N) is 4. The third kappa shape index (κ3) is 5.92. The molecule has 11 heteroatoms. The second-order valence-electron chi connectivity index (χ2n) is 6.16. The number of hydrogen-bond donors (Lipinski definition) is 1. The largest absolute Gasteiger partial charge is 0.573 e. The number of carbonyl (C=O) groups excluding carboxylic acids is 1. The van der Waals surface area contributed by atoms with Gasteiger partial charge in [-0.1, -0.05) is 23.4 Å². The molecule has 152 valence electrons. The molecule has 2 heterocycles. The molecule has 8 nitrogen and oxygen atoms in total. The molecule has 1 N–H and O–H groups in total. The number of hydrogen-bond acceptors (Lipinski definition) is 6. The van der Waals surface area contributed by atoms with Crippen LogP contribution in [-0.4, -0.2) is 65.0 Å². The van der Waals surface area contributed by atoms with Crippen LogP contribution in [0.4, 0.5) is 13.2 Å². The Morgan fingerprint density at radius 2 is 1.96 bits per heavy atom. The molecular weight excluding hydrogens is 379 g/mol. The molecule has 1 amide bonds. The minimum Gasteiger partial charge on any atom is -0.405 e. The van der Waals surface area contributed by atoms with E-state index in [9.17, 15) is 18.0 Å². The maximum absolute atomic E-state index is 12.5. The van der Waals surface area contributed by atoms with Gasteiger partial charge in [0.25, 0.3) is 5.91 Å². The van der Waals surface area contributed by atoms with E-state index in [4.69, 9.17) is 4.74 Å². The lowest BCUT2D eigenvalue weighted by molar-refractivity contribution is -0.274. The first-order chi connectivity index (χ1) is 13.4. The molecule has 0 bridgehead atoms. The van der Waals surface area contributed by atoms with Gasteiger partial charge in [0.15, 0.2) is 5.69 Å². The number of para-hydroxylation sites is 1. The summed E-state index contributed by atoms with van der Waals surface area (Å²) in [5, 5.41) is 10.3. The Kier molecular flexibility index (Phi) is 6.47. The molecule has 0 radical (unpaired) electrons. The summed E-state index contributed by atoms with van der Waals surface area (Å²) in [4.78, 5) is 14.4. The molecule has 1 fully saturated rings. The highest BCUT2D eigenvalue weighted by atomic mass is 19.4. The second-order valence-corrected chi connectivity index (χ2v) is 6.16. The predicted molar refractivity (Wildman–Crippen MR) is 91.6 cm³/mol. The molecule has 0 unspecified atom stereocenters. The quantitative estimate of drug-likeness (QED) is 0.759. The number of nitrogens with one attached hydrogen (secondary N) is 1. The molecule has 1 aromatic carbocycles. The molecule has 0 atom stereocenters. The van der Waals surface area contributed by atoms with Gasteiger partial charge in [-0.05, 0) is 6.07 Å². The lowest BCUT2D eigenvalue weighted by atomic mass is 10.2. The van der Waals surface area contributed by atoms with Gasteiger partial charge in [-0.3, -0.25) is 14.4 Å². The van der Waals surface area contributed by atoms with Crippen LogP contribution in [0.25, 0.3) is 0 Å². The highest BCUT2D eigenvalue weighted by Crippen LogP contribution is 2.26. The van der Waals surface area contributed by atoms with Crippen molar-refractivity contribution in [3.05, 3.63) is 41.7 Å². The Morgan fingerprint density at radius 1 is 1.21 bits per heavy atom. The number of rotatable bonds is 7. The van der Waals surface area contributed by atoms with E-state index in [0.29, 0.717) is 19.8 Å². The summed E-state index contributed by atoms with van der Waals surface area (Å²) in [6.45, 7) is 4.29. The first-order valence-corrected chi connectivity index (χ1v) is 8.73. The van der Waals surface area contributed by atoms with E-state index in [-0.39, 0.29) is 23.6 Å². The molecular formula is C17H20F3N5O3. The van der Waals surface area contributed by atoms with Crippen molar-refractivity contribution in [3.63, 3.8) is 0 Å². The van der Waals surface area contributed by atoms with Crippen molar-refractivity contribution in [1.82, 2.24) is 25.2 Å². The average Bonchev–Trinajstić information content (AvgIpc) is 3.14. The topological polar surface area (TPSA) is 81.5 Å². The maximum atomic E-state index is 12.5. The summed E-state index contributed by atoms with van der Waals surface area (Å²) in [5.74, 6) is -0.885. The average molecular weight is 399 g/mol. The van der Waals surface area contributed by atoms with Crippen LogP contribution < -0.4 is 10.1 Å². The third-order valence-electron chi connectivity index (χ3n) is 4.16. The van der Waals surface area contributed by atoms with E-state index in [1.165, 1.54) is 24.4 Å². The van der Waals surface area contributed by atoms with E-state index < -0.39 is 12.3 Å². The number of aromatic nitrogens is 3. The molecule has 3 rings (SSSR count). The van der Waals surface area contributed by atoms with Gasteiger partial charge in [-0.15, -0.1) is 18.3 Å². The fraction of sp³-hybridized carbons (Fsp3) is 0.471. The number of morpholine rings is 1. The third-order valence-corrected chi connectivity index (χ3v) is 4.16. The SMILES string of the molecule is O=C(NCc1ccccc1OC(F)(F)F)c1cn(CCN2CCOCC2)nn1. The van der Waals surface area contributed by atoms with Crippen LogP contribution in [-0.2, 0) is 17.8 Å². The number of ether oxygens (including phenoxy) is 2. The van der Waals surface area contributed by atoms with Crippen molar-refractivity contribution in [1.29, 1.82) is 0 Å². The molecule has 0 aliphatic carbocycles. The molecule has 0 spiro atoms. The van der Waals surface area contributed by atoms with Gasteiger partial charge in [0.2, 0.25) is 0 Å². The highest BCUT2D eigenvalue weighted by molar-refractivity contribution is 5.91. The number of benzene rings is 1. The zero-order valence-electron chi connectivity index (χ0n) is 15.0. The van der Waals surface area contributed by atoms with Gasteiger partial charge in [0.1, 0.15) is 5.75 Å². The summed E-state index contributed by atoms with van der Waals surface area (Å²) in [6.07, 6.45) is -3.29. The fourth-order valence-corrected chi connectivity index (χ4v) is 2.72. The zero-order chi connectivity index (χ0) is 20.0. The van der Waals surface area contributed by atoms with E-state index in [1.807, 2.05) is 0 Å². The number of amides is 1. The minimum atomic E-state index is -4.80. The summed E-state index contributed by atoms with van der Waals surface area (Å²) in [5.41, 5.74) is 0.295. The molecule has 28 heavy (non-hydrogen) atoms.